The second-order valence-corrected chi connectivity index (χ2v) is 4.68. The summed E-state index contributed by atoms with van der Waals surface area (Å²) in [5, 5.41) is 0. The lowest BCUT2D eigenvalue weighted by Crippen LogP contribution is -2.31. The first-order chi connectivity index (χ1) is 8.67. The van der Waals surface area contributed by atoms with Crippen LogP contribution in [0.25, 0.3) is 5.70 Å². The molecule has 0 saturated heterocycles. The summed E-state index contributed by atoms with van der Waals surface area (Å²) in [5.41, 5.74) is 4.41. The SMILES string of the molecule is C=C1c2ccc(C)cc2CN1C(C=O)CCC=O. The van der Waals surface area contributed by atoms with E-state index >= 15 is 0 Å². The lowest BCUT2D eigenvalue weighted by molar-refractivity contribution is -0.112. The molecule has 0 bridgehead atoms. The maximum Gasteiger partial charge on any atom is 0.142 e. The van der Waals surface area contributed by atoms with E-state index in [0.717, 1.165) is 23.8 Å². The Morgan fingerprint density at radius 1 is 1.44 bits per heavy atom. The van der Waals surface area contributed by atoms with Gasteiger partial charge in [0.1, 0.15) is 12.6 Å². The Morgan fingerprint density at radius 3 is 2.89 bits per heavy atom. The van der Waals surface area contributed by atoms with Crippen molar-refractivity contribution in [1.29, 1.82) is 0 Å². The van der Waals surface area contributed by atoms with Gasteiger partial charge in [0.2, 0.25) is 0 Å². The zero-order chi connectivity index (χ0) is 13.1. The van der Waals surface area contributed by atoms with Crippen molar-refractivity contribution in [3.8, 4) is 0 Å². The van der Waals surface area contributed by atoms with Crippen LogP contribution in [0.4, 0.5) is 0 Å². The Kier molecular flexibility index (Phi) is 3.60. The summed E-state index contributed by atoms with van der Waals surface area (Å²) in [4.78, 5) is 23.6. The molecule has 1 aliphatic heterocycles. The van der Waals surface area contributed by atoms with Crippen LogP contribution in [-0.2, 0) is 16.1 Å². The molecule has 18 heavy (non-hydrogen) atoms. The number of nitrogens with zero attached hydrogens (tertiary/aromatic N) is 1. The molecule has 0 spiro atoms. The summed E-state index contributed by atoms with van der Waals surface area (Å²) >= 11 is 0. The predicted octanol–water partition coefficient (Wildman–Crippen LogP) is 2.33. The molecule has 3 nitrogen and oxygen atoms in total. The molecule has 0 aliphatic carbocycles. The first-order valence-corrected chi connectivity index (χ1v) is 6.11. The largest absolute Gasteiger partial charge is 0.357 e. The van der Waals surface area contributed by atoms with E-state index in [2.05, 4.69) is 31.7 Å². The molecule has 0 aromatic heterocycles. The van der Waals surface area contributed by atoms with Crippen LogP contribution >= 0.6 is 0 Å². The Bertz CT molecular complexity index is 493. The Balaban J connectivity index is 2.21. The highest BCUT2D eigenvalue weighted by Gasteiger charge is 2.27. The van der Waals surface area contributed by atoms with E-state index in [1.807, 2.05) is 4.90 Å². The van der Waals surface area contributed by atoms with Crippen LogP contribution in [0.5, 0.6) is 0 Å². The lowest BCUT2D eigenvalue weighted by atomic mass is 10.1. The fourth-order valence-electron chi connectivity index (χ4n) is 2.42. The average molecular weight is 243 g/mol. The van der Waals surface area contributed by atoms with E-state index in [9.17, 15) is 9.59 Å². The highest BCUT2D eigenvalue weighted by Crippen LogP contribution is 2.34. The predicted molar refractivity (Wildman–Crippen MR) is 70.9 cm³/mol. The van der Waals surface area contributed by atoms with Crippen molar-refractivity contribution in [3.63, 3.8) is 0 Å². The van der Waals surface area contributed by atoms with Crippen molar-refractivity contribution in [2.24, 2.45) is 0 Å². The van der Waals surface area contributed by atoms with Gasteiger partial charge in [0.15, 0.2) is 0 Å². The smallest absolute Gasteiger partial charge is 0.142 e. The van der Waals surface area contributed by atoms with E-state index in [1.165, 1.54) is 11.1 Å². The molecule has 3 heteroatoms. The molecule has 0 saturated carbocycles. The van der Waals surface area contributed by atoms with Crippen molar-refractivity contribution in [1.82, 2.24) is 4.90 Å². The Labute approximate surface area is 107 Å². The van der Waals surface area contributed by atoms with Crippen LogP contribution in [-0.4, -0.2) is 23.5 Å². The van der Waals surface area contributed by atoms with Crippen LogP contribution in [0.2, 0.25) is 0 Å². The second-order valence-electron chi connectivity index (χ2n) is 4.68. The highest BCUT2D eigenvalue weighted by molar-refractivity contribution is 5.73. The molecule has 1 heterocycles. The highest BCUT2D eigenvalue weighted by atomic mass is 16.1. The molecule has 1 aliphatic rings. The molecule has 94 valence electrons. The van der Waals surface area contributed by atoms with E-state index in [4.69, 9.17) is 0 Å². The third-order valence-electron chi connectivity index (χ3n) is 3.40. The number of aryl methyl sites for hydroxylation is 1. The van der Waals surface area contributed by atoms with E-state index in [0.29, 0.717) is 19.4 Å². The van der Waals surface area contributed by atoms with Crippen molar-refractivity contribution in [2.75, 3.05) is 0 Å². The number of hydrogen-bond donors (Lipinski definition) is 0. The van der Waals surface area contributed by atoms with Gasteiger partial charge in [-0.05, 0) is 18.9 Å². The zero-order valence-corrected chi connectivity index (χ0v) is 10.6. The fourth-order valence-corrected chi connectivity index (χ4v) is 2.42. The number of rotatable bonds is 5. The summed E-state index contributed by atoms with van der Waals surface area (Å²) in [6, 6.07) is 5.97. The van der Waals surface area contributed by atoms with Gasteiger partial charge < -0.3 is 14.5 Å². The van der Waals surface area contributed by atoms with Crippen LogP contribution in [0.1, 0.15) is 29.5 Å². The molecule has 1 unspecified atom stereocenters. The lowest BCUT2D eigenvalue weighted by Gasteiger charge is -2.25. The number of carbonyl (C=O) groups excluding carboxylic acids is 2. The summed E-state index contributed by atoms with van der Waals surface area (Å²) in [5.74, 6) is 0. The minimum atomic E-state index is -0.254. The van der Waals surface area contributed by atoms with Gasteiger partial charge in [-0.25, -0.2) is 0 Å². The van der Waals surface area contributed by atoms with Gasteiger partial charge in [0.05, 0.1) is 6.04 Å². The Morgan fingerprint density at radius 2 is 2.22 bits per heavy atom. The number of aldehydes is 2. The number of benzene rings is 1. The third-order valence-corrected chi connectivity index (χ3v) is 3.40. The second kappa shape index (κ2) is 5.17. The first-order valence-electron chi connectivity index (χ1n) is 6.11. The van der Waals surface area contributed by atoms with E-state index in [-0.39, 0.29) is 6.04 Å². The van der Waals surface area contributed by atoms with Crippen LogP contribution < -0.4 is 0 Å². The van der Waals surface area contributed by atoms with E-state index < -0.39 is 0 Å². The molecule has 1 aromatic carbocycles. The molecule has 0 fully saturated rings. The van der Waals surface area contributed by atoms with Gasteiger partial charge in [-0.2, -0.15) is 0 Å². The number of carbonyl (C=O) groups is 2. The quantitative estimate of drug-likeness (QED) is 0.745. The van der Waals surface area contributed by atoms with E-state index in [1.54, 1.807) is 0 Å². The summed E-state index contributed by atoms with van der Waals surface area (Å²) in [6.07, 6.45) is 2.72. The maximum atomic E-state index is 11.2. The van der Waals surface area contributed by atoms with Crippen LogP contribution in [0.3, 0.4) is 0 Å². The molecule has 0 radical (unpaired) electrons. The molecular weight excluding hydrogens is 226 g/mol. The summed E-state index contributed by atoms with van der Waals surface area (Å²) in [6.45, 7) is 6.82. The summed E-state index contributed by atoms with van der Waals surface area (Å²) < 4.78 is 0. The van der Waals surface area contributed by atoms with Gasteiger partial charge >= 0.3 is 0 Å². The van der Waals surface area contributed by atoms with Crippen molar-refractivity contribution < 1.29 is 9.59 Å². The molecule has 1 aromatic rings. The third kappa shape index (κ3) is 2.21. The minimum Gasteiger partial charge on any atom is -0.357 e. The molecule has 0 N–H and O–H groups in total. The maximum absolute atomic E-state index is 11.2. The van der Waals surface area contributed by atoms with Crippen molar-refractivity contribution in [3.05, 3.63) is 41.5 Å². The van der Waals surface area contributed by atoms with Crippen molar-refractivity contribution in [2.45, 2.75) is 32.4 Å². The molecule has 1 atom stereocenters. The minimum absolute atomic E-state index is 0.254. The van der Waals surface area contributed by atoms with Gasteiger partial charge in [-0.3, -0.25) is 0 Å². The first kappa shape index (κ1) is 12.6. The number of hydrogen-bond acceptors (Lipinski definition) is 3. The fraction of sp³-hybridized carbons (Fsp3) is 0.333. The van der Waals surface area contributed by atoms with Gasteiger partial charge in [-0.15, -0.1) is 0 Å². The van der Waals surface area contributed by atoms with Crippen molar-refractivity contribution >= 4 is 18.3 Å². The standard InChI is InChI=1S/C15H17NO2/c1-11-5-6-15-12(2)16(9-13(15)8-11)14(10-18)4-3-7-17/h5-8,10,14H,2-4,9H2,1H3. The van der Waals surface area contributed by atoms with Crippen LogP contribution in [0, 0.1) is 6.92 Å². The van der Waals surface area contributed by atoms with Crippen LogP contribution in [0.15, 0.2) is 24.8 Å². The zero-order valence-electron chi connectivity index (χ0n) is 10.6. The normalized spacial score (nSPS) is 15.4. The van der Waals surface area contributed by atoms with Gasteiger partial charge in [0, 0.05) is 24.2 Å². The summed E-state index contributed by atoms with van der Waals surface area (Å²) in [7, 11) is 0. The topological polar surface area (TPSA) is 37.4 Å². The van der Waals surface area contributed by atoms with Gasteiger partial charge in [0.25, 0.3) is 0 Å². The molecule has 0 amide bonds. The number of fused-ring (bicyclic) bond motifs is 1. The monoisotopic (exact) mass is 243 g/mol. The Hall–Kier alpha value is -1.90. The molecule has 2 rings (SSSR count). The van der Waals surface area contributed by atoms with Gasteiger partial charge in [-0.1, -0.05) is 30.3 Å². The molecular formula is C15H17NO2. The average Bonchev–Trinajstić information content (AvgIpc) is 2.67.